The molecule has 0 heterocycles. The third-order valence-corrected chi connectivity index (χ3v) is 3.07. The molecule has 7 heteroatoms. The van der Waals surface area contributed by atoms with Crippen LogP contribution in [0.3, 0.4) is 0 Å². The summed E-state index contributed by atoms with van der Waals surface area (Å²) < 4.78 is 4.66. The summed E-state index contributed by atoms with van der Waals surface area (Å²) in [5.41, 5.74) is -5.97. The molecule has 0 radical (unpaired) electrons. The number of aliphatic carboxylic acids is 2. The Labute approximate surface area is 114 Å². The summed E-state index contributed by atoms with van der Waals surface area (Å²) in [6, 6.07) is 7.16. The van der Waals surface area contributed by atoms with Crippen LogP contribution < -0.4 is 0 Å². The van der Waals surface area contributed by atoms with E-state index in [0.29, 0.717) is 6.92 Å². The molecule has 20 heavy (non-hydrogen) atoms. The van der Waals surface area contributed by atoms with Gasteiger partial charge in [0.25, 0.3) is 5.60 Å². The predicted octanol–water partition coefficient (Wildman–Crippen LogP) is 0.175. The van der Waals surface area contributed by atoms with Crippen molar-refractivity contribution >= 4 is 17.7 Å². The molecule has 1 rings (SSSR count). The van der Waals surface area contributed by atoms with E-state index in [1.807, 2.05) is 0 Å². The molecular weight excluding hydrogens is 268 g/mol. The highest BCUT2D eigenvalue weighted by Crippen LogP contribution is 2.31. The summed E-state index contributed by atoms with van der Waals surface area (Å²) in [7, 11) is 0.854. The molecule has 1 aromatic rings. The first-order chi connectivity index (χ1) is 9.21. The lowest BCUT2D eigenvalue weighted by molar-refractivity contribution is -0.197. The lowest BCUT2D eigenvalue weighted by Gasteiger charge is -2.36. The quantitative estimate of drug-likeness (QED) is 0.502. The van der Waals surface area contributed by atoms with Gasteiger partial charge in [-0.2, -0.15) is 0 Å². The molecule has 108 valence electrons. The smallest absolute Gasteiger partial charge is 0.348 e. The van der Waals surface area contributed by atoms with Crippen LogP contribution in [-0.4, -0.2) is 51.4 Å². The molecule has 3 N–H and O–H groups in total. The normalized spacial score (nSPS) is 16.8. The number of carboxylic acids is 2. The summed E-state index contributed by atoms with van der Waals surface area (Å²) in [5, 5.41) is 28.3. The lowest BCUT2D eigenvalue weighted by atomic mass is 9.78. The molecule has 7 nitrogen and oxygen atoms in total. The minimum Gasteiger partial charge on any atom is -0.479 e. The maximum absolute atomic E-state index is 12.4. The van der Waals surface area contributed by atoms with Crippen LogP contribution in [0.5, 0.6) is 0 Å². The first-order valence-electron chi connectivity index (χ1n) is 5.56. The second-order valence-corrected chi connectivity index (χ2v) is 4.26. The van der Waals surface area contributed by atoms with Crippen LogP contribution in [0.1, 0.15) is 17.3 Å². The first-order valence-corrected chi connectivity index (χ1v) is 5.56. The Balaban J connectivity index is 3.52. The van der Waals surface area contributed by atoms with Crippen LogP contribution in [0.15, 0.2) is 30.3 Å². The summed E-state index contributed by atoms with van der Waals surface area (Å²) in [6.45, 7) is 0.702. The molecule has 0 saturated heterocycles. The van der Waals surface area contributed by atoms with E-state index in [1.165, 1.54) is 24.3 Å². The number of carboxylic acid groups (broad SMARTS) is 2. The third-order valence-electron chi connectivity index (χ3n) is 3.07. The molecule has 0 fully saturated rings. The molecule has 0 aliphatic carbocycles. The van der Waals surface area contributed by atoms with Crippen molar-refractivity contribution in [3.63, 3.8) is 0 Å². The largest absolute Gasteiger partial charge is 0.479 e. The maximum atomic E-state index is 12.4. The van der Waals surface area contributed by atoms with Gasteiger partial charge >= 0.3 is 11.9 Å². The van der Waals surface area contributed by atoms with Gasteiger partial charge in [0.15, 0.2) is 0 Å². The second-order valence-electron chi connectivity index (χ2n) is 4.26. The average molecular weight is 282 g/mol. The summed E-state index contributed by atoms with van der Waals surface area (Å²) in [6.07, 6.45) is 0. The van der Waals surface area contributed by atoms with Crippen LogP contribution >= 0.6 is 0 Å². The molecule has 1 aromatic carbocycles. The van der Waals surface area contributed by atoms with Crippen LogP contribution in [-0.2, 0) is 14.3 Å². The number of methoxy groups -OCH3 is 1. The number of carbonyl (C=O) groups excluding carboxylic acids is 1. The van der Waals surface area contributed by atoms with Crippen molar-refractivity contribution in [1.29, 1.82) is 0 Å². The van der Waals surface area contributed by atoms with E-state index in [9.17, 15) is 24.6 Å². The molecule has 0 amide bonds. The summed E-state index contributed by atoms with van der Waals surface area (Å²) in [5.74, 6) is -4.92. The van der Waals surface area contributed by atoms with E-state index in [1.54, 1.807) is 6.07 Å². The molecule has 1 unspecified atom stereocenters. The predicted molar refractivity (Wildman–Crippen MR) is 66.4 cm³/mol. The molecule has 0 aliphatic rings. The van der Waals surface area contributed by atoms with Crippen molar-refractivity contribution < 1.29 is 34.4 Å². The van der Waals surface area contributed by atoms with E-state index >= 15 is 0 Å². The number of benzene rings is 1. The van der Waals surface area contributed by atoms with Gasteiger partial charge < -0.3 is 20.1 Å². The number of Topliss-reactive ketones (excluding diaryl/α,β-unsaturated/α-hetero) is 1. The topological polar surface area (TPSA) is 121 Å². The summed E-state index contributed by atoms with van der Waals surface area (Å²) >= 11 is 0. The zero-order valence-corrected chi connectivity index (χ0v) is 10.9. The van der Waals surface area contributed by atoms with Crippen molar-refractivity contribution in [1.82, 2.24) is 0 Å². The van der Waals surface area contributed by atoms with Crippen molar-refractivity contribution in [2.45, 2.75) is 18.1 Å². The van der Waals surface area contributed by atoms with E-state index in [0.717, 1.165) is 7.11 Å². The highest BCUT2D eigenvalue weighted by Gasteiger charge is 2.64. The van der Waals surface area contributed by atoms with Crippen LogP contribution in [0, 0.1) is 0 Å². The van der Waals surface area contributed by atoms with Crippen LogP contribution in [0.4, 0.5) is 0 Å². The molecule has 2 atom stereocenters. The average Bonchev–Trinajstić information content (AvgIpc) is 2.40. The third kappa shape index (κ3) is 2.17. The van der Waals surface area contributed by atoms with E-state index in [4.69, 9.17) is 5.11 Å². The molecule has 0 saturated carbocycles. The first kappa shape index (κ1) is 15.8. The van der Waals surface area contributed by atoms with Gasteiger partial charge in [-0.15, -0.1) is 0 Å². The van der Waals surface area contributed by atoms with Crippen molar-refractivity contribution in [3.8, 4) is 0 Å². The fraction of sp³-hybridized carbons (Fsp3) is 0.308. The van der Waals surface area contributed by atoms with Gasteiger partial charge in [0.05, 0.1) is 0 Å². The number of rotatable bonds is 6. The Kier molecular flexibility index (Phi) is 4.26. The minimum atomic E-state index is -2.94. The van der Waals surface area contributed by atoms with Crippen molar-refractivity contribution in [2.24, 2.45) is 0 Å². The SMILES string of the molecule is CO[C@@](C(=O)O)(C(=O)c1ccccc1)C(C)(O)C(=O)O. The fourth-order valence-electron chi connectivity index (χ4n) is 1.85. The number of hydrogen-bond donors (Lipinski definition) is 3. The van der Waals surface area contributed by atoms with Gasteiger partial charge in [-0.05, 0) is 6.92 Å². The summed E-state index contributed by atoms with van der Waals surface area (Å²) in [4.78, 5) is 34.9. The molecule has 0 aromatic heterocycles. The number of hydrogen-bond acceptors (Lipinski definition) is 5. The standard InChI is InChI=1S/C13H14O7/c1-12(19,10(15)16)13(20-2,11(17)18)9(14)8-6-4-3-5-7-8/h3-7,19H,1-2H3,(H,15,16)(H,17,18)/t12?,13-/m1/s1. The van der Waals surface area contributed by atoms with E-state index < -0.39 is 28.9 Å². The highest BCUT2D eigenvalue weighted by molar-refractivity contribution is 6.19. The van der Waals surface area contributed by atoms with Gasteiger partial charge in [-0.25, -0.2) is 9.59 Å². The van der Waals surface area contributed by atoms with Gasteiger partial charge in [0.1, 0.15) is 0 Å². The molecule has 0 spiro atoms. The van der Waals surface area contributed by atoms with E-state index in [2.05, 4.69) is 4.74 Å². The number of aliphatic hydroxyl groups is 1. The Morgan fingerprint density at radius 2 is 1.55 bits per heavy atom. The van der Waals surface area contributed by atoms with E-state index in [-0.39, 0.29) is 5.56 Å². The number of carbonyl (C=O) groups is 3. The van der Waals surface area contributed by atoms with Gasteiger partial charge in [0.2, 0.25) is 11.4 Å². The maximum Gasteiger partial charge on any atom is 0.348 e. The van der Waals surface area contributed by atoms with Crippen LogP contribution in [0.25, 0.3) is 0 Å². The zero-order valence-electron chi connectivity index (χ0n) is 10.9. The van der Waals surface area contributed by atoms with Crippen molar-refractivity contribution in [3.05, 3.63) is 35.9 Å². The fourth-order valence-corrected chi connectivity index (χ4v) is 1.85. The Hall–Kier alpha value is -2.25. The number of ketones is 1. The Morgan fingerprint density at radius 3 is 1.90 bits per heavy atom. The van der Waals surface area contributed by atoms with Gasteiger partial charge in [-0.1, -0.05) is 30.3 Å². The van der Waals surface area contributed by atoms with Crippen molar-refractivity contribution in [2.75, 3.05) is 7.11 Å². The molecular formula is C13H14O7. The molecule has 0 bridgehead atoms. The highest BCUT2D eigenvalue weighted by atomic mass is 16.5. The molecule has 0 aliphatic heterocycles. The monoisotopic (exact) mass is 282 g/mol. The Morgan fingerprint density at radius 1 is 1.05 bits per heavy atom. The Bertz CT molecular complexity index is 535. The van der Waals surface area contributed by atoms with Gasteiger partial charge in [0, 0.05) is 12.7 Å². The lowest BCUT2D eigenvalue weighted by Crippen LogP contribution is -2.67. The minimum absolute atomic E-state index is 0.0849. The second kappa shape index (κ2) is 5.40. The zero-order chi connectivity index (χ0) is 15.6. The van der Waals surface area contributed by atoms with Gasteiger partial charge in [-0.3, -0.25) is 4.79 Å². The number of ether oxygens (including phenoxy) is 1. The van der Waals surface area contributed by atoms with Crippen LogP contribution in [0.2, 0.25) is 0 Å².